The van der Waals surface area contributed by atoms with Crippen molar-refractivity contribution < 1.29 is 0 Å². The molecule has 3 aromatic heterocycles. The molecule has 4 aromatic rings. The van der Waals surface area contributed by atoms with Crippen LogP contribution in [0.15, 0.2) is 67.3 Å². The van der Waals surface area contributed by atoms with Crippen LogP contribution in [0.3, 0.4) is 0 Å². The van der Waals surface area contributed by atoms with E-state index < -0.39 is 0 Å². The van der Waals surface area contributed by atoms with Gasteiger partial charge in [0, 0.05) is 23.2 Å². The zero-order valence-electron chi connectivity index (χ0n) is 10.6. The van der Waals surface area contributed by atoms with Crippen LogP contribution in [0.2, 0.25) is 0 Å². The summed E-state index contributed by atoms with van der Waals surface area (Å²) in [6.07, 6.45) is 6.77. The van der Waals surface area contributed by atoms with Crippen LogP contribution in [0.4, 0.5) is 0 Å². The Morgan fingerprint density at radius 1 is 0.650 bits per heavy atom. The quantitative estimate of drug-likeness (QED) is 0.455. The summed E-state index contributed by atoms with van der Waals surface area (Å²) in [6, 6.07) is 13.8. The van der Waals surface area contributed by atoms with Crippen LogP contribution in [0.1, 0.15) is 0 Å². The molecule has 0 unspecified atom stereocenters. The summed E-state index contributed by atoms with van der Waals surface area (Å²) in [7, 11) is 0. The Bertz CT molecular complexity index is 736. The molecule has 0 saturated carbocycles. The van der Waals surface area contributed by atoms with Crippen molar-refractivity contribution in [1.82, 2.24) is 25.4 Å². The highest BCUT2D eigenvalue weighted by Crippen LogP contribution is 2.20. The van der Waals surface area contributed by atoms with Crippen molar-refractivity contribution in [2.24, 2.45) is 0 Å². The van der Waals surface area contributed by atoms with E-state index in [-0.39, 0.29) is 0 Å². The third-order valence-corrected chi connectivity index (χ3v) is 2.76. The Kier molecular flexibility index (Phi) is 3.51. The van der Waals surface area contributed by atoms with Gasteiger partial charge in [-0.1, -0.05) is 12.1 Å². The molecule has 96 valence electrons. The SMILES string of the molecule is c1cnc2c(c1)ccc1ncccc12.c1cnnnc1. The molecule has 0 aliphatic heterocycles. The van der Waals surface area contributed by atoms with Crippen LogP contribution in [0, 0.1) is 0 Å². The first-order valence-electron chi connectivity index (χ1n) is 6.12. The van der Waals surface area contributed by atoms with Crippen LogP contribution in [0.25, 0.3) is 21.8 Å². The Balaban J connectivity index is 0.000000170. The maximum atomic E-state index is 4.37. The van der Waals surface area contributed by atoms with Gasteiger partial charge in [0.1, 0.15) is 0 Å². The highest BCUT2D eigenvalue weighted by Gasteiger charge is 1.99. The number of nitrogens with zero attached hydrogens (tertiary/aromatic N) is 5. The number of hydrogen-bond donors (Lipinski definition) is 0. The molecule has 0 aliphatic carbocycles. The maximum Gasteiger partial charge on any atom is 0.0795 e. The van der Waals surface area contributed by atoms with Gasteiger partial charge < -0.3 is 0 Å². The average Bonchev–Trinajstić information content (AvgIpc) is 2.57. The molecule has 5 heteroatoms. The molecule has 0 atom stereocenters. The maximum absolute atomic E-state index is 4.37. The topological polar surface area (TPSA) is 64.5 Å². The molecule has 20 heavy (non-hydrogen) atoms. The number of benzene rings is 1. The fraction of sp³-hybridized carbons (Fsp3) is 0. The molecule has 0 saturated heterocycles. The Morgan fingerprint density at radius 2 is 1.45 bits per heavy atom. The van der Waals surface area contributed by atoms with Gasteiger partial charge in [0.05, 0.1) is 23.4 Å². The van der Waals surface area contributed by atoms with Crippen molar-refractivity contribution in [3.05, 3.63) is 67.3 Å². The molecule has 1 aromatic carbocycles. The average molecular weight is 261 g/mol. The zero-order chi connectivity index (χ0) is 13.6. The van der Waals surface area contributed by atoms with E-state index >= 15 is 0 Å². The minimum Gasteiger partial charge on any atom is -0.256 e. The van der Waals surface area contributed by atoms with Gasteiger partial charge in [0.25, 0.3) is 0 Å². The summed E-state index contributed by atoms with van der Waals surface area (Å²) in [4.78, 5) is 8.66. The van der Waals surface area contributed by atoms with E-state index in [1.165, 1.54) is 0 Å². The van der Waals surface area contributed by atoms with E-state index in [1.54, 1.807) is 24.7 Å². The fourth-order valence-corrected chi connectivity index (χ4v) is 1.90. The molecule has 0 N–H and O–H groups in total. The summed E-state index contributed by atoms with van der Waals surface area (Å²) in [6.45, 7) is 0. The Labute approximate surface area is 115 Å². The number of fused-ring (bicyclic) bond motifs is 3. The van der Waals surface area contributed by atoms with Crippen LogP contribution in [-0.2, 0) is 0 Å². The van der Waals surface area contributed by atoms with Crippen LogP contribution in [0.5, 0.6) is 0 Å². The normalized spacial score (nSPS) is 10.0. The Hall–Kier alpha value is -2.95. The second kappa shape index (κ2) is 5.79. The molecule has 0 bridgehead atoms. The van der Waals surface area contributed by atoms with Crippen molar-refractivity contribution in [2.45, 2.75) is 0 Å². The van der Waals surface area contributed by atoms with Crippen LogP contribution in [-0.4, -0.2) is 25.4 Å². The third-order valence-electron chi connectivity index (χ3n) is 2.76. The van der Waals surface area contributed by atoms with Gasteiger partial charge in [-0.3, -0.25) is 9.97 Å². The monoisotopic (exact) mass is 261 g/mol. The van der Waals surface area contributed by atoms with Crippen molar-refractivity contribution in [3.8, 4) is 0 Å². The first-order valence-corrected chi connectivity index (χ1v) is 6.12. The predicted octanol–water partition coefficient (Wildman–Crippen LogP) is 2.65. The van der Waals surface area contributed by atoms with Crippen molar-refractivity contribution in [3.63, 3.8) is 0 Å². The summed E-state index contributed by atoms with van der Waals surface area (Å²) in [5.41, 5.74) is 2.02. The van der Waals surface area contributed by atoms with Gasteiger partial charge in [0.2, 0.25) is 0 Å². The second-order valence-electron chi connectivity index (χ2n) is 4.02. The van der Waals surface area contributed by atoms with Gasteiger partial charge in [0.15, 0.2) is 0 Å². The first kappa shape index (κ1) is 12.1. The number of rotatable bonds is 0. The summed E-state index contributed by atoms with van der Waals surface area (Å²) >= 11 is 0. The molecular weight excluding hydrogens is 250 g/mol. The van der Waals surface area contributed by atoms with Gasteiger partial charge in [-0.25, -0.2) is 0 Å². The molecule has 3 heterocycles. The predicted molar refractivity (Wildman–Crippen MR) is 76.9 cm³/mol. The van der Waals surface area contributed by atoms with Crippen molar-refractivity contribution >= 4 is 21.8 Å². The largest absolute Gasteiger partial charge is 0.256 e. The van der Waals surface area contributed by atoms with E-state index in [4.69, 9.17) is 0 Å². The zero-order valence-corrected chi connectivity index (χ0v) is 10.6. The highest BCUT2D eigenvalue weighted by molar-refractivity contribution is 6.03. The summed E-state index contributed by atoms with van der Waals surface area (Å²) in [5.74, 6) is 0. The molecule has 0 radical (unpaired) electrons. The van der Waals surface area contributed by atoms with Crippen molar-refractivity contribution in [2.75, 3.05) is 0 Å². The molecule has 4 rings (SSSR count). The summed E-state index contributed by atoms with van der Waals surface area (Å²) < 4.78 is 0. The fourth-order valence-electron chi connectivity index (χ4n) is 1.90. The lowest BCUT2D eigenvalue weighted by Crippen LogP contribution is -1.82. The first-order chi connectivity index (χ1) is 9.95. The van der Waals surface area contributed by atoms with E-state index in [0.29, 0.717) is 0 Å². The van der Waals surface area contributed by atoms with E-state index in [0.717, 1.165) is 21.8 Å². The minimum absolute atomic E-state index is 0.999. The van der Waals surface area contributed by atoms with Gasteiger partial charge in [-0.2, -0.15) is 0 Å². The number of pyridine rings is 2. The third kappa shape index (κ3) is 2.56. The van der Waals surface area contributed by atoms with Gasteiger partial charge in [-0.05, 0) is 35.5 Å². The van der Waals surface area contributed by atoms with E-state index in [9.17, 15) is 0 Å². The number of aromatic nitrogens is 5. The Morgan fingerprint density at radius 3 is 2.20 bits per heavy atom. The molecular formula is C15H11N5. The lowest BCUT2D eigenvalue weighted by atomic mass is 10.1. The molecule has 0 aliphatic rings. The molecule has 0 fully saturated rings. The summed E-state index contributed by atoms with van der Waals surface area (Å²) in [5, 5.41) is 12.4. The van der Waals surface area contributed by atoms with Gasteiger partial charge in [-0.15, -0.1) is 10.2 Å². The van der Waals surface area contributed by atoms with Crippen LogP contribution < -0.4 is 0 Å². The molecule has 0 spiro atoms. The van der Waals surface area contributed by atoms with E-state index in [1.807, 2.05) is 24.4 Å². The minimum atomic E-state index is 0.999. The smallest absolute Gasteiger partial charge is 0.0795 e. The van der Waals surface area contributed by atoms with Crippen molar-refractivity contribution in [1.29, 1.82) is 0 Å². The lowest BCUT2D eigenvalue weighted by molar-refractivity contribution is 0.865. The van der Waals surface area contributed by atoms with E-state index in [2.05, 4.69) is 43.6 Å². The van der Waals surface area contributed by atoms with Crippen LogP contribution >= 0.6 is 0 Å². The molecule has 0 amide bonds. The second-order valence-corrected chi connectivity index (χ2v) is 4.02. The molecule has 5 nitrogen and oxygen atoms in total. The number of hydrogen-bond acceptors (Lipinski definition) is 5. The lowest BCUT2D eigenvalue weighted by Gasteiger charge is -2.00. The standard InChI is InChI=1S/C12H8N2.C3H3N3/c1-3-9-5-6-11-10(4-2-7-13-11)12(9)14-8-1;1-2-4-6-5-3-1/h1-8H;1-3H. The van der Waals surface area contributed by atoms with Gasteiger partial charge >= 0.3 is 0 Å². The highest BCUT2D eigenvalue weighted by atomic mass is 15.3.